The second-order valence-electron chi connectivity index (χ2n) is 11.6. The molecule has 0 amide bonds. The van der Waals surface area contributed by atoms with Crippen molar-refractivity contribution in [3.8, 4) is 22.6 Å². The number of benzene rings is 5. The summed E-state index contributed by atoms with van der Waals surface area (Å²) < 4.78 is 17.1. The summed E-state index contributed by atoms with van der Waals surface area (Å²) in [5, 5.41) is 4.89. The van der Waals surface area contributed by atoms with Crippen molar-refractivity contribution in [2.45, 2.75) is 63.5 Å². The van der Waals surface area contributed by atoms with E-state index in [1.54, 1.807) is 0 Å². The Morgan fingerprint density at radius 1 is 0.585 bits per heavy atom. The molecule has 1 saturated carbocycles. The third-order valence-electron chi connectivity index (χ3n) is 9.28. The van der Waals surface area contributed by atoms with Gasteiger partial charge in [0.2, 0.25) is 0 Å². The number of rotatable bonds is 3. The average Bonchev–Trinajstić information content (AvgIpc) is 3.19. The topological polar surface area (TPSA) is 21.7 Å². The van der Waals surface area contributed by atoms with Gasteiger partial charge < -0.3 is 0 Å². The van der Waals surface area contributed by atoms with Crippen molar-refractivity contribution < 1.29 is 26.1 Å². The molecular formula is C36H35CuNO2P+2. The van der Waals surface area contributed by atoms with Gasteiger partial charge in [-0.15, -0.1) is 4.67 Å². The summed E-state index contributed by atoms with van der Waals surface area (Å²) in [5.41, 5.74) is 5.30. The summed E-state index contributed by atoms with van der Waals surface area (Å²) >= 11 is 0. The van der Waals surface area contributed by atoms with E-state index < -0.39 is 8.53 Å². The predicted molar refractivity (Wildman–Crippen MR) is 167 cm³/mol. The standard InChI is InChI=1S/C36H34NO2P.Cu/c1-2-15-28(16-3-1)37(32-20-10-14-25-11-4-7-17-29(25)32)40-38-33-23-21-26-12-5-8-18-30(26)35(33)36-31-19-9-6-13-27(31)22-24-34(36)39-40;/h4-9,11-13,17-19,21-24,28,32H,1-3,10,14-16,20H2;/q;+1/p+1/t32-;/m0./s1. The minimum atomic E-state index is -1.89. The van der Waals surface area contributed by atoms with Gasteiger partial charge in [0.05, 0.1) is 12.1 Å². The summed E-state index contributed by atoms with van der Waals surface area (Å²) in [7, 11) is -1.89. The second kappa shape index (κ2) is 11.4. The Morgan fingerprint density at radius 3 is 1.83 bits per heavy atom. The van der Waals surface area contributed by atoms with Crippen molar-refractivity contribution >= 4 is 30.1 Å². The molecule has 0 spiro atoms. The van der Waals surface area contributed by atoms with Crippen LogP contribution in [0.25, 0.3) is 32.7 Å². The normalized spacial score (nSPS) is 18.9. The Balaban J connectivity index is 0.00000276. The van der Waals surface area contributed by atoms with Crippen LogP contribution in [-0.2, 0) is 23.5 Å². The van der Waals surface area contributed by atoms with Crippen LogP contribution in [0.2, 0.25) is 0 Å². The van der Waals surface area contributed by atoms with Crippen LogP contribution in [0.3, 0.4) is 0 Å². The van der Waals surface area contributed by atoms with Crippen LogP contribution in [0, 0.1) is 0 Å². The Bertz CT molecular complexity index is 1630. The first-order chi connectivity index (χ1) is 19.8. The van der Waals surface area contributed by atoms with E-state index in [2.05, 4.69) is 102 Å². The molecule has 5 heteroatoms. The molecule has 1 aliphatic heterocycles. The molecule has 0 radical (unpaired) electrons. The van der Waals surface area contributed by atoms with Crippen LogP contribution in [-0.4, -0.2) is 10.7 Å². The zero-order valence-corrected chi connectivity index (χ0v) is 25.1. The van der Waals surface area contributed by atoms with Crippen LogP contribution < -0.4 is 9.05 Å². The number of aryl methyl sites for hydroxylation is 1. The van der Waals surface area contributed by atoms with E-state index in [4.69, 9.17) is 9.05 Å². The van der Waals surface area contributed by atoms with Gasteiger partial charge >= 0.3 is 25.6 Å². The Hall–Kier alpha value is -2.87. The van der Waals surface area contributed by atoms with Gasteiger partial charge in [-0.3, -0.25) is 9.05 Å². The van der Waals surface area contributed by atoms with Gasteiger partial charge in [0.15, 0.2) is 11.5 Å². The first kappa shape index (κ1) is 27.0. The first-order valence-corrected chi connectivity index (χ1v) is 16.2. The molecule has 0 aromatic heterocycles. The SMILES string of the molecule is [Cu+].c1ccc2c(c1)CCC[C@@H]2N(C1CCCCC1)[PH+]1Oc2ccc3ccccc3c2-c2c(ccc3ccccc23)O1. The molecule has 1 heterocycles. The van der Waals surface area contributed by atoms with Crippen molar-refractivity contribution in [2.24, 2.45) is 0 Å². The second-order valence-corrected chi connectivity index (χ2v) is 13.1. The fourth-order valence-corrected chi connectivity index (χ4v) is 9.46. The third kappa shape index (κ3) is 4.76. The van der Waals surface area contributed by atoms with Crippen LogP contribution in [0.5, 0.6) is 11.5 Å². The monoisotopic (exact) mass is 607 g/mol. The summed E-state index contributed by atoms with van der Waals surface area (Å²) in [4.78, 5) is 0. The summed E-state index contributed by atoms with van der Waals surface area (Å²) in [6, 6.07) is 36.1. The van der Waals surface area contributed by atoms with Crippen molar-refractivity contribution in [3.05, 3.63) is 108 Å². The fraction of sp³-hybridized carbons (Fsp3) is 0.278. The molecule has 0 unspecified atom stereocenters. The molecule has 5 aromatic carbocycles. The molecule has 1 atom stereocenters. The molecule has 2 aliphatic carbocycles. The maximum atomic E-state index is 7.19. The molecule has 8 rings (SSSR count). The van der Waals surface area contributed by atoms with Gasteiger partial charge in [-0.25, -0.2) is 0 Å². The number of hydrogen-bond donors (Lipinski definition) is 0. The largest absolute Gasteiger partial charge is 1.00 e. The van der Waals surface area contributed by atoms with E-state index >= 15 is 0 Å². The minimum Gasteiger partial charge on any atom is -0.292 e. The maximum absolute atomic E-state index is 7.19. The number of fused-ring (bicyclic) bond motifs is 8. The smallest absolute Gasteiger partial charge is 0.292 e. The first-order valence-electron chi connectivity index (χ1n) is 15.0. The molecule has 210 valence electrons. The van der Waals surface area contributed by atoms with Gasteiger partial charge in [0.1, 0.15) is 0 Å². The molecule has 0 N–H and O–H groups in total. The number of nitrogens with zero attached hydrogens (tertiary/aromatic N) is 1. The van der Waals surface area contributed by atoms with Crippen LogP contribution >= 0.6 is 8.53 Å². The van der Waals surface area contributed by atoms with Crippen LogP contribution in [0.4, 0.5) is 0 Å². The molecule has 41 heavy (non-hydrogen) atoms. The minimum absolute atomic E-state index is 0. The van der Waals surface area contributed by atoms with E-state index in [1.165, 1.54) is 77.6 Å². The molecule has 3 nitrogen and oxygen atoms in total. The summed E-state index contributed by atoms with van der Waals surface area (Å²) in [6.07, 6.45) is 9.87. The van der Waals surface area contributed by atoms with Crippen LogP contribution in [0.15, 0.2) is 97.1 Å². The van der Waals surface area contributed by atoms with E-state index in [-0.39, 0.29) is 17.1 Å². The van der Waals surface area contributed by atoms with E-state index in [1.807, 2.05) is 0 Å². The zero-order valence-electron chi connectivity index (χ0n) is 23.1. The third-order valence-corrected chi connectivity index (χ3v) is 11.2. The average molecular weight is 608 g/mol. The Morgan fingerprint density at radius 2 is 1.17 bits per heavy atom. The summed E-state index contributed by atoms with van der Waals surface area (Å²) in [5.74, 6) is 1.90. The molecule has 1 fully saturated rings. The van der Waals surface area contributed by atoms with Crippen LogP contribution in [0.1, 0.15) is 62.1 Å². The quantitative estimate of drug-likeness (QED) is 0.150. The van der Waals surface area contributed by atoms with E-state index in [0.29, 0.717) is 12.1 Å². The molecule has 5 aromatic rings. The van der Waals surface area contributed by atoms with Crippen molar-refractivity contribution in [1.29, 1.82) is 0 Å². The zero-order chi connectivity index (χ0) is 26.5. The van der Waals surface area contributed by atoms with Gasteiger partial charge in [-0.05, 0) is 76.9 Å². The summed E-state index contributed by atoms with van der Waals surface area (Å²) in [6.45, 7) is 0. The molecule has 0 saturated heterocycles. The van der Waals surface area contributed by atoms with Crippen molar-refractivity contribution in [1.82, 2.24) is 4.67 Å². The molecular weight excluding hydrogens is 573 g/mol. The molecule has 0 bridgehead atoms. The van der Waals surface area contributed by atoms with Gasteiger partial charge in [-0.1, -0.05) is 104 Å². The Kier molecular flexibility index (Phi) is 7.52. The number of hydrogen-bond acceptors (Lipinski definition) is 3. The van der Waals surface area contributed by atoms with E-state index in [0.717, 1.165) is 29.0 Å². The van der Waals surface area contributed by atoms with Crippen molar-refractivity contribution in [3.63, 3.8) is 0 Å². The predicted octanol–water partition coefficient (Wildman–Crippen LogP) is 10.1. The van der Waals surface area contributed by atoms with E-state index in [9.17, 15) is 0 Å². The maximum Gasteiger partial charge on any atom is 1.00 e. The van der Waals surface area contributed by atoms with Gasteiger partial charge in [0.25, 0.3) is 0 Å². The van der Waals surface area contributed by atoms with Crippen molar-refractivity contribution in [2.75, 3.05) is 0 Å². The Labute approximate surface area is 254 Å². The van der Waals surface area contributed by atoms with Gasteiger partial charge in [-0.2, -0.15) is 0 Å². The molecule has 3 aliphatic rings. The van der Waals surface area contributed by atoms with Gasteiger partial charge in [0, 0.05) is 11.1 Å². The fourth-order valence-electron chi connectivity index (χ4n) is 7.41.